The highest BCUT2D eigenvalue weighted by atomic mass is 16.2. The summed E-state index contributed by atoms with van der Waals surface area (Å²) < 4.78 is 1.61. The van der Waals surface area contributed by atoms with E-state index in [9.17, 15) is 4.79 Å². The van der Waals surface area contributed by atoms with Crippen LogP contribution in [0.25, 0.3) is 0 Å². The molecule has 0 saturated carbocycles. The van der Waals surface area contributed by atoms with Gasteiger partial charge in [0.15, 0.2) is 0 Å². The van der Waals surface area contributed by atoms with E-state index in [0.29, 0.717) is 18.8 Å². The van der Waals surface area contributed by atoms with Crippen molar-refractivity contribution in [2.45, 2.75) is 31.8 Å². The summed E-state index contributed by atoms with van der Waals surface area (Å²) in [6.45, 7) is 3.18. The van der Waals surface area contributed by atoms with Crippen LogP contribution in [0.3, 0.4) is 0 Å². The van der Waals surface area contributed by atoms with Crippen LogP contribution in [-0.2, 0) is 19.4 Å². The van der Waals surface area contributed by atoms with Crippen molar-refractivity contribution in [1.82, 2.24) is 25.2 Å². The summed E-state index contributed by atoms with van der Waals surface area (Å²) in [5.41, 5.74) is 3.17. The van der Waals surface area contributed by atoms with E-state index in [1.807, 2.05) is 6.92 Å². The summed E-state index contributed by atoms with van der Waals surface area (Å²) in [5, 5.41) is 10.8. The van der Waals surface area contributed by atoms with Gasteiger partial charge in [0.2, 0.25) is 0 Å². The van der Waals surface area contributed by atoms with Gasteiger partial charge in [-0.25, -0.2) is 4.68 Å². The molecule has 0 atom stereocenters. The number of nitrogens with one attached hydrogen (secondary N) is 1. The summed E-state index contributed by atoms with van der Waals surface area (Å²) in [6.07, 6.45) is 3.41. The van der Waals surface area contributed by atoms with Crippen LogP contribution in [0.1, 0.15) is 28.5 Å². The Bertz CT molecular complexity index is 682. The summed E-state index contributed by atoms with van der Waals surface area (Å²) in [5.74, 6) is -0.117. The number of nitrogens with zero attached hydrogens (tertiary/aromatic N) is 4. The molecule has 1 aromatic heterocycles. The maximum atomic E-state index is 12.4. The van der Waals surface area contributed by atoms with Gasteiger partial charge in [-0.2, -0.15) is 0 Å². The van der Waals surface area contributed by atoms with Crippen LogP contribution in [0.2, 0.25) is 0 Å². The van der Waals surface area contributed by atoms with Gasteiger partial charge >= 0.3 is 0 Å². The molecule has 1 heterocycles. The number of aryl methyl sites for hydroxylation is 1. The quantitative estimate of drug-likeness (QED) is 0.899. The van der Waals surface area contributed by atoms with E-state index in [0.717, 1.165) is 12.8 Å². The van der Waals surface area contributed by atoms with E-state index in [2.05, 4.69) is 58.9 Å². The van der Waals surface area contributed by atoms with Gasteiger partial charge in [-0.05, 0) is 45.0 Å². The zero-order valence-corrected chi connectivity index (χ0v) is 13.9. The van der Waals surface area contributed by atoms with Crippen molar-refractivity contribution < 1.29 is 4.79 Å². The number of rotatable bonds is 5. The lowest BCUT2D eigenvalue weighted by atomic mass is 9.94. The highest BCUT2D eigenvalue weighted by molar-refractivity contribution is 5.92. The Morgan fingerprint density at radius 3 is 2.52 bits per heavy atom. The third-order valence-electron chi connectivity index (χ3n) is 4.83. The second kappa shape index (κ2) is 6.12. The van der Waals surface area contributed by atoms with E-state index >= 15 is 0 Å². The van der Waals surface area contributed by atoms with E-state index in [4.69, 9.17) is 0 Å². The topological polar surface area (TPSA) is 63.1 Å². The van der Waals surface area contributed by atoms with Crippen LogP contribution in [0.15, 0.2) is 30.5 Å². The normalized spacial score (nSPS) is 15.7. The van der Waals surface area contributed by atoms with Crippen molar-refractivity contribution in [1.29, 1.82) is 0 Å². The number of fused-ring (bicyclic) bond motifs is 1. The predicted octanol–water partition coefficient (Wildman–Crippen LogP) is 1.13. The number of aromatic nitrogens is 3. The lowest BCUT2D eigenvalue weighted by Gasteiger charge is -2.36. The van der Waals surface area contributed by atoms with E-state index in [1.165, 1.54) is 17.3 Å². The van der Waals surface area contributed by atoms with Crippen LogP contribution in [-0.4, -0.2) is 52.0 Å². The summed E-state index contributed by atoms with van der Waals surface area (Å²) in [7, 11) is 4.16. The molecule has 0 spiro atoms. The van der Waals surface area contributed by atoms with Crippen molar-refractivity contribution in [2.75, 3.05) is 20.6 Å². The third-order valence-corrected chi connectivity index (χ3v) is 4.83. The number of hydrogen-bond donors (Lipinski definition) is 1. The molecule has 0 aliphatic heterocycles. The Kier molecular flexibility index (Phi) is 4.17. The molecule has 6 heteroatoms. The Balaban J connectivity index is 1.74. The third kappa shape index (κ3) is 2.86. The van der Waals surface area contributed by atoms with E-state index in [1.54, 1.807) is 4.68 Å². The molecule has 1 N–H and O–H groups in total. The molecular weight excluding hydrogens is 290 g/mol. The molecule has 2 aromatic rings. The first-order valence-electron chi connectivity index (χ1n) is 7.96. The molecule has 0 bridgehead atoms. The fraction of sp³-hybridized carbons (Fsp3) is 0.471. The smallest absolute Gasteiger partial charge is 0.271 e. The summed E-state index contributed by atoms with van der Waals surface area (Å²) in [4.78, 5) is 14.7. The van der Waals surface area contributed by atoms with Gasteiger partial charge < -0.3 is 10.2 Å². The van der Waals surface area contributed by atoms with Crippen molar-refractivity contribution in [2.24, 2.45) is 0 Å². The lowest BCUT2D eigenvalue weighted by Crippen LogP contribution is -2.53. The maximum absolute atomic E-state index is 12.4. The molecule has 6 nitrogen and oxygen atoms in total. The molecule has 1 aromatic carbocycles. The van der Waals surface area contributed by atoms with Crippen LogP contribution in [0, 0.1) is 0 Å². The van der Waals surface area contributed by atoms with Crippen LogP contribution >= 0.6 is 0 Å². The molecular formula is C17H23N5O. The monoisotopic (exact) mass is 313 g/mol. The molecule has 0 saturated heterocycles. The fourth-order valence-electron chi connectivity index (χ4n) is 3.28. The van der Waals surface area contributed by atoms with Gasteiger partial charge in [-0.15, -0.1) is 5.10 Å². The summed E-state index contributed by atoms with van der Waals surface area (Å²) >= 11 is 0. The van der Waals surface area contributed by atoms with Crippen LogP contribution < -0.4 is 5.32 Å². The minimum Gasteiger partial charge on any atom is -0.349 e. The van der Waals surface area contributed by atoms with Crippen LogP contribution in [0.4, 0.5) is 0 Å². The largest absolute Gasteiger partial charge is 0.349 e. The van der Waals surface area contributed by atoms with Gasteiger partial charge in [-0.1, -0.05) is 29.5 Å². The predicted molar refractivity (Wildman–Crippen MR) is 88.3 cm³/mol. The average molecular weight is 313 g/mol. The van der Waals surface area contributed by atoms with Crippen molar-refractivity contribution in [3.63, 3.8) is 0 Å². The van der Waals surface area contributed by atoms with Gasteiger partial charge in [0.1, 0.15) is 5.69 Å². The molecule has 1 aliphatic carbocycles. The molecule has 1 amide bonds. The highest BCUT2D eigenvalue weighted by Crippen LogP contribution is 2.33. The standard InChI is InChI=1S/C17H23N5O/c1-4-22-15(11-19-20-22)16(23)18-12-17(21(2)3)9-13-7-5-6-8-14(13)10-17/h5-8,11H,4,9-10,12H2,1-3H3,(H,18,23). The average Bonchev–Trinajstić information content (AvgIpc) is 3.16. The number of likely N-dealkylation sites (N-methyl/N-ethyl adjacent to an activating group) is 1. The van der Waals surface area contributed by atoms with Crippen molar-refractivity contribution in [3.05, 3.63) is 47.3 Å². The van der Waals surface area contributed by atoms with Gasteiger partial charge in [0.25, 0.3) is 5.91 Å². The van der Waals surface area contributed by atoms with Gasteiger partial charge in [0.05, 0.1) is 6.20 Å². The molecule has 3 rings (SSSR count). The zero-order chi connectivity index (χ0) is 16.4. The van der Waals surface area contributed by atoms with E-state index < -0.39 is 0 Å². The molecule has 1 aliphatic rings. The number of amides is 1. The second-order valence-corrected chi connectivity index (χ2v) is 6.36. The Hall–Kier alpha value is -2.21. The molecule has 0 fully saturated rings. The minimum absolute atomic E-state index is 0.0795. The first kappa shape index (κ1) is 15.7. The Morgan fingerprint density at radius 1 is 1.30 bits per heavy atom. The number of carbonyl (C=O) groups is 1. The maximum Gasteiger partial charge on any atom is 0.271 e. The van der Waals surface area contributed by atoms with Crippen LogP contribution in [0.5, 0.6) is 0 Å². The van der Waals surface area contributed by atoms with Crippen molar-refractivity contribution in [3.8, 4) is 0 Å². The molecule has 0 unspecified atom stereocenters. The molecule has 23 heavy (non-hydrogen) atoms. The number of carbonyl (C=O) groups excluding carboxylic acids is 1. The highest BCUT2D eigenvalue weighted by Gasteiger charge is 2.39. The number of benzene rings is 1. The van der Waals surface area contributed by atoms with Crippen molar-refractivity contribution >= 4 is 5.91 Å². The Morgan fingerprint density at radius 2 is 1.96 bits per heavy atom. The van der Waals surface area contributed by atoms with Gasteiger partial charge in [-0.3, -0.25) is 4.79 Å². The molecule has 0 radical (unpaired) electrons. The SMILES string of the molecule is CCn1nncc1C(=O)NCC1(N(C)C)Cc2ccccc2C1. The minimum atomic E-state index is -0.117. The number of hydrogen-bond acceptors (Lipinski definition) is 4. The van der Waals surface area contributed by atoms with Gasteiger partial charge in [0, 0.05) is 18.6 Å². The first-order valence-corrected chi connectivity index (χ1v) is 7.96. The zero-order valence-electron chi connectivity index (χ0n) is 13.9. The first-order chi connectivity index (χ1) is 11.1. The second-order valence-electron chi connectivity index (χ2n) is 6.36. The Labute approximate surface area is 136 Å². The lowest BCUT2D eigenvalue weighted by molar-refractivity contribution is 0.0892. The fourth-order valence-corrected chi connectivity index (χ4v) is 3.28. The van der Waals surface area contributed by atoms with E-state index in [-0.39, 0.29) is 11.4 Å². The molecule has 122 valence electrons. The summed E-state index contributed by atoms with van der Waals surface area (Å²) in [6, 6.07) is 8.51.